The second-order valence-corrected chi connectivity index (χ2v) is 7.59. The van der Waals surface area contributed by atoms with Crippen LogP contribution in [0.15, 0.2) is 77.7 Å². The van der Waals surface area contributed by atoms with Crippen molar-refractivity contribution in [3.05, 3.63) is 89.5 Å². The van der Waals surface area contributed by atoms with Crippen molar-refractivity contribution in [3.8, 4) is 0 Å². The van der Waals surface area contributed by atoms with Crippen LogP contribution in [0.2, 0.25) is 0 Å². The highest BCUT2D eigenvalue weighted by atomic mass is 32.2. The molecular formula is C23H21N3O3S. The normalized spacial score (nSPS) is 10.3. The fourth-order valence-electron chi connectivity index (χ4n) is 2.80. The van der Waals surface area contributed by atoms with Crippen LogP contribution in [-0.4, -0.2) is 23.5 Å². The lowest BCUT2D eigenvalue weighted by Gasteiger charge is -2.09. The number of anilines is 2. The van der Waals surface area contributed by atoms with Gasteiger partial charge in [-0.1, -0.05) is 30.3 Å². The average molecular weight is 420 g/mol. The Morgan fingerprint density at radius 1 is 0.833 bits per heavy atom. The quantitative estimate of drug-likeness (QED) is 0.502. The van der Waals surface area contributed by atoms with E-state index in [9.17, 15) is 14.4 Å². The largest absolute Gasteiger partial charge is 0.366 e. The molecule has 0 spiro atoms. The fraction of sp³-hybridized carbons (Fsp3) is 0.0870. The molecule has 4 N–H and O–H groups in total. The number of hydrogen-bond acceptors (Lipinski definition) is 4. The van der Waals surface area contributed by atoms with Gasteiger partial charge in [-0.3, -0.25) is 14.4 Å². The van der Waals surface area contributed by atoms with E-state index >= 15 is 0 Å². The van der Waals surface area contributed by atoms with Crippen molar-refractivity contribution in [1.29, 1.82) is 0 Å². The maximum absolute atomic E-state index is 12.4. The third-order valence-corrected chi connectivity index (χ3v) is 5.35. The predicted molar refractivity (Wildman–Crippen MR) is 120 cm³/mol. The van der Waals surface area contributed by atoms with E-state index in [2.05, 4.69) is 10.6 Å². The Kier molecular flexibility index (Phi) is 6.87. The van der Waals surface area contributed by atoms with Crippen LogP contribution in [0, 0.1) is 6.92 Å². The van der Waals surface area contributed by atoms with Gasteiger partial charge in [0.25, 0.3) is 11.8 Å². The monoisotopic (exact) mass is 419 g/mol. The second-order valence-electron chi connectivity index (χ2n) is 6.54. The smallest absolute Gasteiger partial charge is 0.255 e. The molecule has 3 aromatic carbocycles. The molecule has 3 aromatic rings. The summed E-state index contributed by atoms with van der Waals surface area (Å²) < 4.78 is 0. The van der Waals surface area contributed by atoms with Gasteiger partial charge in [0.1, 0.15) is 0 Å². The fourth-order valence-corrected chi connectivity index (χ4v) is 3.50. The molecule has 0 radical (unpaired) electrons. The zero-order valence-corrected chi connectivity index (χ0v) is 17.2. The van der Waals surface area contributed by atoms with Gasteiger partial charge in [-0.25, -0.2) is 0 Å². The zero-order valence-electron chi connectivity index (χ0n) is 16.3. The van der Waals surface area contributed by atoms with Gasteiger partial charge < -0.3 is 16.4 Å². The lowest BCUT2D eigenvalue weighted by atomic mass is 10.1. The maximum atomic E-state index is 12.4. The van der Waals surface area contributed by atoms with Crippen LogP contribution in [-0.2, 0) is 4.79 Å². The minimum absolute atomic E-state index is 0.166. The van der Waals surface area contributed by atoms with Gasteiger partial charge in [0.15, 0.2) is 0 Å². The Morgan fingerprint density at radius 3 is 2.13 bits per heavy atom. The third-order valence-electron chi connectivity index (χ3n) is 4.34. The molecule has 0 saturated carbocycles. The molecule has 0 atom stereocenters. The summed E-state index contributed by atoms with van der Waals surface area (Å²) in [4.78, 5) is 36.9. The lowest BCUT2D eigenvalue weighted by Crippen LogP contribution is -2.19. The number of aryl methyl sites for hydroxylation is 1. The molecule has 0 heterocycles. The molecule has 0 aliphatic rings. The number of primary amides is 1. The van der Waals surface area contributed by atoms with Crippen molar-refractivity contribution in [1.82, 2.24) is 0 Å². The molecule has 0 fully saturated rings. The highest BCUT2D eigenvalue weighted by Crippen LogP contribution is 2.22. The molecular weight excluding hydrogens is 398 g/mol. The Labute approximate surface area is 178 Å². The number of benzene rings is 3. The predicted octanol–water partition coefficient (Wildman–Crippen LogP) is 4.08. The summed E-state index contributed by atoms with van der Waals surface area (Å²) in [6, 6.07) is 21.2. The second kappa shape index (κ2) is 9.76. The van der Waals surface area contributed by atoms with Crippen LogP contribution in [0.3, 0.4) is 0 Å². The average Bonchev–Trinajstić information content (AvgIpc) is 2.74. The standard InChI is InChI=1S/C23H21N3O3S/c1-15-6-2-3-7-18(15)23(29)25-16-10-12-17(13-11-16)30-14-21(27)26-20-9-5-4-8-19(20)22(24)28/h2-13H,14H2,1H3,(H2,24,28)(H,25,29)(H,26,27). The summed E-state index contributed by atoms with van der Waals surface area (Å²) in [5, 5.41) is 5.57. The van der Waals surface area contributed by atoms with Crippen LogP contribution >= 0.6 is 11.8 Å². The van der Waals surface area contributed by atoms with Crippen molar-refractivity contribution in [2.24, 2.45) is 5.73 Å². The number of rotatable bonds is 7. The van der Waals surface area contributed by atoms with Crippen molar-refractivity contribution >= 4 is 40.9 Å². The number of hydrogen-bond donors (Lipinski definition) is 3. The summed E-state index contributed by atoms with van der Waals surface area (Å²) >= 11 is 1.35. The summed E-state index contributed by atoms with van der Waals surface area (Å²) in [6.45, 7) is 1.89. The number of nitrogens with two attached hydrogens (primary N) is 1. The Balaban J connectivity index is 1.55. The molecule has 3 amide bonds. The molecule has 0 unspecified atom stereocenters. The molecule has 0 aliphatic heterocycles. The van der Waals surface area contributed by atoms with E-state index < -0.39 is 5.91 Å². The lowest BCUT2D eigenvalue weighted by molar-refractivity contribution is -0.113. The first-order valence-electron chi connectivity index (χ1n) is 9.22. The van der Waals surface area contributed by atoms with Gasteiger partial charge in [0, 0.05) is 16.1 Å². The van der Waals surface area contributed by atoms with E-state index in [1.165, 1.54) is 11.8 Å². The van der Waals surface area contributed by atoms with Crippen LogP contribution in [0.25, 0.3) is 0 Å². The maximum Gasteiger partial charge on any atom is 0.255 e. The SMILES string of the molecule is Cc1ccccc1C(=O)Nc1ccc(SCC(=O)Nc2ccccc2C(N)=O)cc1. The topological polar surface area (TPSA) is 101 Å². The van der Waals surface area contributed by atoms with Gasteiger partial charge >= 0.3 is 0 Å². The van der Waals surface area contributed by atoms with E-state index in [4.69, 9.17) is 5.73 Å². The molecule has 30 heavy (non-hydrogen) atoms. The highest BCUT2D eigenvalue weighted by molar-refractivity contribution is 8.00. The Hall–Kier alpha value is -3.58. The van der Waals surface area contributed by atoms with Crippen LogP contribution in [0.4, 0.5) is 11.4 Å². The molecule has 3 rings (SSSR count). The molecule has 0 aliphatic carbocycles. The Morgan fingerprint density at radius 2 is 1.47 bits per heavy atom. The number of amides is 3. The zero-order chi connectivity index (χ0) is 21.5. The minimum atomic E-state index is -0.595. The van der Waals surface area contributed by atoms with Crippen LogP contribution in [0.1, 0.15) is 26.3 Å². The highest BCUT2D eigenvalue weighted by Gasteiger charge is 2.11. The van der Waals surface area contributed by atoms with E-state index in [-0.39, 0.29) is 23.1 Å². The first kappa shape index (κ1) is 21.1. The number of carbonyl (C=O) groups is 3. The van der Waals surface area contributed by atoms with Gasteiger partial charge in [-0.05, 0) is 55.0 Å². The Bertz CT molecular complexity index is 1080. The third kappa shape index (κ3) is 5.48. The molecule has 0 bridgehead atoms. The van der Waals surface area contributed by atoms with Gasteiger partial charge in [-0.2, -0.15) is 0 Å². The van der Waals surface area contributed by atoms with E-state index in [1.807, 2.05) is 37.3 Å². The number of nitrogens with one attached hydrogen (secondary N) is 2. The van der Waals surface area contributed by atoms with Gasteiger partial charge in [-0.15, -0.1) is 11.8 Å². The molecule has 7 heteroatoms. The first-order valence-corrected chi connectivity index (χ1v) is 10.2. The molecule has 0 aromatic heterocycles. The van der Waals surface area contributed by atoms with Crippen molar-refractivity contribution < 1.29 is 14.4 Å². The van der Waals surface area contributed by atoms with Gasteiger partial charge in [0.05, 0.1) is 17.0 Å². The van der Waals surface area contributed by atoms with E-state index in [0.717, 1.165) is 10.5 Å². The molecule has 6 nitrogen and oxygen atoms in total. The van der Waals surface area contributed by atoms with Crippen molar-refractivity contribution in [2.75, 3.05) is 16.4 Å². The van der Waals surface area contributed by atoms with E-state index in [1.54, 1.807) is 42.5 Å². The van der Waals surface area contributed by atoms with Crippen LogP contribution < -0.4 is 16.4 Å². The minimum Gasteiger partial charge on any atom is -0.366 e. The van der Waals surface area contributed by atoms with E-state index in [0.29, 0.717) is 16.9 Å². The summed E-state index contributed by atoms with van der Waals surface area (Å²) in [7, 11) is 0. The molecule has 0 saturated heterocycles. The summed E-state index contributed by atoms with van der Waals surface area (Å²) in [5.74, 6) is -0.837. The van der Waals surface area contributed by atoms with Crippen molar-refractivity contribution in [3.63, 3.8) is 0 Å². The van der Waals surface area contributed by atoms with Crippen molar-refractivity contribution in [2.45, 2.75) is 11.8 Å². The number of thioether (sulfide) groups is 1. The van der Waals surface area contributed by atoms with Gasteiger partial charge in [0.2, 0.25) is 5.91 Å². The number of para-hydroxylation sites is 1. The summed E-state index contributed by atoms with van der Waals surface area (Å²) in [5.41, 5.74) is 8.20. The first-order chi connectivity index (χ1) is 14.4. The summed E-state index contributed by atoms with van der Waals surface area (Å²) in [6.07, 6.45) is 0. The molecule has 152 valence electrons. The van der Waals surface area contributed by atoms with Crippen LogP contribution in [0.5, 0.6) is 0 Å². The number of carbonyl (C=O) groups excluding carboxylic acids is 3.